The maximum atomic E-state index is 11.9. The van der Waals surface area contributed by atoms with Crippen molar-refractivity contribution in [2.45, 2.75) is 6.92 Å². The van der Waals surface area contributed by atoms with E-state index >= 15 is 0 Å². The van der Waals surface area contributed by atoms with Crippen molar-refractivity contribution in [3.8, 4) is 5.75 Å². The topological polar surface area (TPSA) is 35.5 Å². The first-order valence-electron chi connectivity index (χ1n) is 7.04. The van der Waals surface area contributed by atoms with Gasteiger partial charge in [-0.25, -0.2) is 4.79 Å². The standard InChI is InChI=1S/C19H16O3/c1-13(2)12-21-19(20)22-18-16-9-5-3-7-14(16)11-15-8-4-6-10-17(15)18/h3-11H,1,12H2,2H3. The number of benzene rings is 3. The molecule has 0 saturated carbocycles. The molecule has 0 aromatic heterocycles. The van der Waals surface area contributed by atoms with Crippen molar-refractivity contribution in [1.29, 1.82) is 0 Å². The normalized spacial score (nSPS) is 10.6. The molecular weight excluding hydrogens is 276 g/mol. The van der Waals surface area contributed by atoms with Crippen molar-refractivity contribution in [2.75, 3.05) is 6.61 Å². The zero-order chi connectivity index (χ0) is 15.5. The zero-order valence-corrected chi connectivity index (χ0v) is 12.3. The molecule has 0 amide bonds. The summed E-state index contributed by atoms with van der Waals surface area (Å²) in [4.78, 5) is 11.9. The summed E-state index contributed by atoms with van der Waals surface area (Å²) in [7, 11) is 0. The van der Waals surface area contributed by atoms with E-state index in [2.05, 4.69) is 12.6 Å². The molecule has 0 radical (unpaired) electrons. The summed E-state index contributed by atoms with van der Waals surface area (Å²) in [5.41, 5.74) is 0.764. The van der Waals surface area contributed by atoms with Crippen molar-refractivity contribution in [3.63, 3.8) is 0 Å². The van der Waals surface area contributed by atoms with Crippen LogP contribution in [0.3, 0.4) is 0 Å². The number of hydrogen-bond donors (Lipinski definition) is 0. The molecule has 3 aromatic rings. The minimum absolute atomic E-state index is 0.154. The minimum Gasteiger partial charge on any atom is -0.429 e. The maximum Gasteiger partial charge on any atom is 0.514 e. The zero-order valence-electron chi connectivity index (χ0n) is 12.3. The first-order chi connectivity index (χ1) is 10.6. The molecular formula is C19H16O3. The molecule has 0 atom stereocenters. The summed E-state index contributed by atoms with van der Waals surface area (Å²) in [5, 5.41) is 3.80. The van der Waals surface area contributed by atoms with Gasteiger partial charge in [-0.05, 0) is 29.3 Å². The van der Waals surface area contributed by atoms with Gasteiger partial charge in [0.05, 0.1) is 0 Å². The summed E-state index contributed by atoms with van der Waals surface area (Å²) >= 11 is 0. The lowest BCUT2D eigenvalue weighted by molar-refractivity contribution is 0.108. The van der Waals surface area contributed by atoms with Crippen molar-refractivity contribution >= 4 is 27.7 Å². The lowest BCUT2D eigenvalue weighted by atomic mass is 10.0. The predicted molar refractivity (Wildman–Crippen MR) is 88.2 cm³/mol. The molecule has 0 unspecified atom stereocenters. The van der Waals surface area contributed by atoms with Crippen LogP contribution in [0.25, 0.3) is 21.5 Å². The van der Waals surface area contributed by atoms with Gasteiger partial charge in [0.1, 0.15) is 12.4 Å². The van der Waals surface area contributed by atoms with E-state index < -0.39 is 6.16 Å². The molecule has 0 aliphatic carbocycles. The Morgan fingerprint density at radius 1 is 1.00 bits per heavy atom. The van der Waals surface area contributed by atoms with Crippen LogP contribution < -0.4 is 4.74 Å². The first kappa shape index (κ1) is 14.1. The fraction of sp³-hybridized carbons (Fsp3) is 0.105. The molecule has 3 aromatic carbocycles. The minimum atomic E-state index is -0.718. The van der Waals surface area contributed by atoms with Gasteiger partial charge in [-0.1, -0.05) is 55.1 Å². The van der Waals surface area contributed by atoms with Crippen LogP contribution >= 0.6 is 0 Å². The van der Waals surface area contributed by atoms with Crippen LogP contribution in [0.5, 0.6) is 5.75 Å². The quantitative estimate of drug-likeness (QED) is 0.292. The number of rotatable bonds is 3. The van der Waals surface area contributed by atoms with Gasteiger partial charge in [-0.3, -0.25) is 0 Å². The fourth-order valence-corrected chi connectivity index (χ4v) is 2.38. The Morgan fingerprint density at radius 2 is 1.55 bits per heavy atom. The predicted octanol–water partition coefficient (Wildman–Crippen LogP) is 5.08. The Morgan fingerprint density at radius 3 is 2.09 bits per heavy atom. The smallest absolute Gasteiger partial charge is 0.429 e. The van der Waals surface area contributed by atoms with Gasteiger partial charge in [0.25, 0.3) is 0 Å². The summed E-state index contributed by atoms with van der Waals surface area (Å²) in [6.45, 7) is 5.65. The van der Waals surface area contributed by atoms with Crippen LogP contribution in [0, 0.1) is 0 Å². The number of ether oxygens (including phenoxy) is 2. The van der Waals surface area contributed by atoms with Crippen LogP contribution in [0.1, 0.15) is 6.92 Å². The summed E-state index contributed by atoms with van der Waals surface area (Å²) in [5.74, 6) is 0.528. The fourth-order valence-electron chi connectivity index (χ4n) is 2.38. The molecule has 0 saturated heterocycles. The monoisotopic (exact) mass is 292 g/mol. The van der Waals surface area contributed by atoms with Crippen molar-refractivity contribution in [3.05, 3.63) is 66.7 Å². The van der Waals surface area contributed by atoms with Gasteiger partial charge in [0.2, 0.25) is 0 Å². The van der Waals surface area contributed by atoms with E-state index in [9.17, 15) is 4.79 Å². The van der Waals surface area contributed by atoms with E-state index in [-0.39, 0.29) is 6.61 Å². The molecule has 0 aliphatic heterocycles. The van der Waals surface area contributed by atoms with E-state index in [1.54, 1.807) is 6.92 Å². The number of carbonyl (C=O) groups excluding carboxylic acids is 1. The molecule has 3 nitrogen and oxygen atoms in total. The molecule has 22 heavy (non-hydrogen) atoms. The lowest BCUT2D eigenvalue weighted by Gasteiger charge is -2.11. The molecule has 0 fully saturated rings. The number of hydrogen-bond acceptors (Lipinski definition) is 3. The van der Waals surface area contributed by atoms with E-state index in [0.29, 0.717) is 5.75 Å². The number of carbonyl (C=O) groups is 1. The second kappa shape index (κ2) is 5.90. The summed E-state index contributed by atoms with van der Waals surface area (Å²) in [6.07, 6.45) is -0.718. The summed E-state index contributed by atoms with van der Waals surface area (Å²) in [6, 6.07) is 17.7. The van der Waals surface area contributed by atoms with Crippen LogP contribution in [0.4, 0.5) is 4.79 Å². The Kier molecular flexibility index (Phi) is 3.79. The summed E-state index contributed by atoms with van der Waals surface area (Å²) < 4.78 is 10.5. The van der Waals surface area contributed by atoms with Gasteiger partial charge >= 0.3 is 6.16 Å². The third-order valence-corrected chi connectivity index (χ3v) is 3.34. The highest BCUT2D eigenvalue weighted by molar-refractivity contribution is 6.06. The second-order valence-electron chi connectivity index (χ2n) is 5.25. The van der Waals surface area contributed by atoms with Gasteiger partial charge in [0.15, 0.2) is 0 Å². The first-order valence-corrected chi connectivity index (χ1v) is 7.04. The third-order valence-electron chi connectivity index (χ3n) is 3.34. The van der Waals surface area contributed by atoms with Crippen LogP contribution in [-0.2, 0) is 4.74 Å². The van der Waals surface area contributed by atoms with E-state index in [4.69, 9.17) is 9.47 Å². The Balaban J connectivity index is 2.08. The van der Waals surface area contributed by atoms with Crippen LogP contribution in [0.15, 0.2) is 66.7 Å². The van der Waals surface area contributed by atoms with E-state index in [0.717, 1.165) is 27.1 Å². The largest absolute Gasteiger partial charge is 0.514 e. The molecule has 3 rings (SSSR count). The molecule has 0 N–H and O–H groups in total. The molecule has 0 spiro atoms. The average molecular weight is 292 g/mol. The molecule has 0 heterocycles. The third kappa shape index (κ3) is 2.79. The van der Waals surface area contributed by atoms with E-state index in [1.165, 1.54) is 0 Å². The van der Waals surface area contributed by atoms with Gasteiger partial charge < -0.3 is 9.47 Å². The Hall–Kier alpha value is -2.81. The molecule has 0 aliphatic rings. The maximum absolute atomic E-state index is 11.9. The highest BCUT2D eigenvalue weighted by Gasteiger charge is 2.13. The molecule has 3 heteroatoms. The number of fused-ring (bicyclic) bond motifs is 2. The Labute approximate surface area is 128 Å². The van der Waals surface area contributed by atoms with Gasteiger partial charge in [-0.2, -0.15) is 0 Å². The molecule has 0 bridgehead atoms. The van der Waals surface area contributed by atoms with E-state index in [1.807, 2.05) is 48.5 Å². The van der Waals surface area contributed by atoms with Crippen LogP contribution in [-0.4, -0.2) is 12.8 Å². The van der Waals surface area contributed by atoms with Crippen LogP contribution in [0.2, 0.25) is 0 Å². The van der Waals surface area contributed by atoms with Crippen molar-refractivity contribution in [1.82, 2.24) is 0 Å². The van der Waals surface area contributed by atoms with Gasteiger partial charge in [-0.15, -0.1) is 0 Å². The highest BCUT2D eigenvalue weighted by atomic mass is 16.7. The second-order valence-corrected chi connectivity index (χ2v) is 5.25. The SMILES string of the molecule is C=C(C)COC(=O)Oc1c2ccccc2cc2ccccc12. The Bertz CT molecular complexity index is 811. The highest BCUT2D eigenvalue weighted by Crippen LogP contribution is 2.34. The van der Waals surface area contributed by atoms with Crippen molar-refractivity contribution in [2.24, 2.45) is 0 Å². The average Bonchev–Trinajstić information content (AvgIpc) is 2.52. The lowest BCUT2D eigenvalue weighted by Crippen LogP contribution is -2.12. The van der Waals surface area contributed by atoms with Gasteiger partial charge in [0, 0.05) is 10.8 Å². The van der Waals surface area contributed by atoms with Crippen molar-refractivity contribution < 1.29 is 14.3 Å². The molecule has 110 valence electrons.